The number of guanidine groups is 1. The summed E-state index contributed by atoms with van der Waals surface area (Å²) < 4.78 is 0. The minimum Gasteiger partial charge on any atom is -0.370 e. The Balaban J connectivity index is 1.51. The molecule has 0 bridgehead atoms. The van der Waals surface area contributed by atoms with Crippen molar-refractivity contribution in [3.8, 4) is 0 Å². The Morgan fingerprint density at radius 2 is 1.81 bits per heavy atom. The van der Waals surface area contributed by atoms with Gasteiger partial charge in [-0.25, -0.2) is 4.99 Å². The minimum atomic E-state index is -0.463. The Morgan fingerprint density at radius 3 is 2.50 bits per heavy atom. The molecular weight excluding hydrogens is 326 g/mol. The Kier molecular flexibility index (Phi) is 5.86. The highest BCUT2D eigenvalue weighted by Gasteiger charge is 2.19. The SMILES string of the molecule is NC(=O)c1cccc(NC(N)=NC2CCN(Cc3ccccc3)CC2)c1. The monoisotopic (exact) mass is 351 g/mol. The van der Waals surface area contributed by atoms with E-state index in [1.54, 1.807) is 18.2 Å². The lowest BCUT2D eigenvalue weighted by atomic mass is 10.0. The number of aliphatic imine (C=N–C) groups is 1. The van der Waals surface area contributed by atoms with Gasteiger partial charge in [0, 0.05) is 30.9 Å². The van der Waals surface area contributed by atoms with Gasteiger partial charge in [-0.3, -0.25) is 9.69 Å². The van der Waals surface area contributed by atoms with Gasteiger partial charge in [0.1, 0.15) is 0 Å². The van der Waals surface area contributed by atoms with E-state index in [4.69, 9.17) is 11.5 Å². The number of primary amides is 1. The number of amides is 1. The maximum Gasteiger partial charge on any atom is 0.248 e. The van der Waals surface area contributed by atoms with Gasteiger partial charge in [-0.05, 0) is 36.6 Å². The number of likely N-dealkylation sites (tertiary alicyclic amines) is 1. The molecule has 0 radical (unpaired) electrons. The summed E-state index contributed by atoms with van der Waals surface area (Å²) in [6.07, 6.45) is 1.97. The molecular formula is C20H25N5O. The molecule has 3 rings (SSSR count). The van der Waals surface area contributed by atoms with Gasteiger partial charge in [0.2, 0.25) is 5.91 Å². The zero-order chi connectivity index (χ0) is 18.4. The molecule has 26 heavy (non-hydrogen) atoms. The Hall–Kier alpha value is -2.86. The molecule has 136 valence electrons. The van der Waals surface area contributed by atoms with Crippen LogP contribution in [0.15, 0.2) is 59.6 Å². The second kappa shape index (κ2) is 8.49. The first-order valence-electron chi connectivity index (χ1n) is 8.86. The standard InChI is InChI=1S/C20H25N5O/c21-19(26)16-7-4-8-18(13-16)24-20(22)23-17-9-11-25(12-10-17)14-15-5-2-1-3-6-15/h1-8,13,17H,9-12,14H2,(H2,21,26)(H3,22,23,24). The number of nitrogens with zero attached hydrogens (tertiary/aromatic N) is 2. The molecule has 5 N–H and O–H groups in total. The second-order valence-electron chi connectivity index (χ2n) is 6.58. The van der Waals surface area contributed by atoms with E-state index in [9.17, 15) is 4.79 Å². The van der Waals surface area contributed by atoms with E-state index < -0.39 is 5.91 Å². The molecule has 0 spiro atoms. The smallest absolute Gasteiger partial charge is 0.248 e. The predicted molar refractivity (Wildman–Crippen MR) is 105 cm³/mol. The van der Waals surface area contributed by atoms with Crippen molar-refractivity contribution in [2.45, 2.75) is 25.4 Å². The summed E-state index contributed by atoms with van der Waals surface area (Å²) >= 11 is 0. The van der Waals surface area contributed by atoms with Crippen LogP contribution in [0.2, 0.25) is 0 Å². The summed E-state index contributed by atoms with van der Waals surface area (Å²) in [6, 6.07) is 17.7. The first kappa shape index (κ1) is 17.9. The van der Waals surface area contributed by atoms with E-state index in [2.05, 4.69) is 39.5 Å². The molecule has 1 fully saturated rings. The molecule has 0 aliphatic carbocycles. The fourth-order valence-corrected chi connectivity index (χ4v) is 3.18. The second-order valence-corrected chi connectivity index (χ2v) is 6.58. The summed E-state index contributed by atoms with van der Waals surface area (Å²) in [7, 11) is 0. The number of hydrogen-bond donors (Lipinski definition) is 3. The third-order valence-corrected chi connectivity index (χ3v) is 4.55. The van der Waals surface area contributed by atoms with Crippen molar-refractivity contribution in [2.75, 3.05) is 18.4 Å². The van der Waals surface area contributed by atoms with E-state index in [1.165, 1.54) is 5.56 Å². The average molecular weight is 351 g/mol. The van der Waals surface area contributed by atoms with Crippen LogP contribution in [0.1, 0.15) is 28.8 Å². The van der Waals surface area contributed by atoms with E-state index in [1.807, 2.05) is 12.1 Å². The molecule has 0 unspecified atom stereocenters. The molecule has 6 nitrogen and oxygen atoms in total. The maximum absolute atomic E-state index is 11.2. The first-order valence-corrected chi connectivity index (χ1v) is 8.86. The Morgan fingerprint density at radius 1 is 1.08 bits per heavy atom. The summed E-state index contributed by atoms with van der Waals surface area (Å²) in [5, 5.41) is 3.04. The molecule has 1 amide bonds. The fraction of sp³-hybridized carbons (Fsp3) is 0.300. The molecule has 0 saturated carbocycles. The van der Waals surface area contributed by atoms with Crippen molar-refractivity contribution in [2.24, 2.45) is 16.5 Å². The van der Waals surface area contributed by atoms with Crippen LogP contribution in [0.5, 0.6) is 0 Å². The lowest BCUT2D eigenvalue weighted by molar-refractivity contribution is 0.100. The van der Waals surface area contributed by atoms with Gasteiger partial charge in [-0.15, -0.1) is 0 Å². The Bertz CT molecular complexity index is 767. The molecule has 0 atom stereocenters. The highest BCUT2D eigenvalue weighted by Crippen LogP contribution is 2.17. The van der Waals surface area contributed by atoms with Crippen molar-refractivity contribution >= 4 is 17.6 Å². The zero-order valence-electron chi connectivity index (χ0n) is 14.8. The number of anilines is 1. The van der Waals surface area contributed by atoms with Gasteiger partial charge < -0.3 is 16.8 Å². The van der Waals surface area contributed by atoms with Gasteiger partial charge in [0.15, 0.2) is 5.96 Å². The predicted octanol–water partition coefficient (Wildman–Crippen LogP) is 2.18. The molecule has 1 heterocycles. The Labute approximate surface area is 153 Å². The number of nitrogens with two attached hydrogens (primary N) is 2. The van der Waals surface area contributed by atoms with E-state index in [0.29, 0.717) is 17.2 Å². The molecule has 1 aliphatic rings. The quantitative estimate of drug-likeness (QED) is 0.568. The van der Waals surface area contributed by atoms with Crippen LogP contribution in [0.25, 0.3) is 0 Å². The molecule has 6 heteroatoms. The number of rotatable bonds is 5. The van der Waals surface area contributed by atoms with E-state index in [0.717, 1.165) is 32.5 Å². The maximum atomic E-state index is 11.2. The summed E-state index contributed by atoms with van der Waals surface area (Å²) in [5.41, 5.74) is 13.8. The highest BCUT2D eigenvalue weighted by molar-refractivity contribution is 5.96. The lowest BCUT2D eigenvalue weighted by Crippen LogP contribution is -2.36. The largest absolute Gasteiger partial charge is 0.370 e. The number of benzene rings is 2. The third kappa shape index (κ3) is 5.07. The molecule has 1 aliphatic heterocycles. The molecule has 1 saturated heterocycles. The fourth-order valence-electron chi connectivity index (χ4n) is 3.18. The molecule has 0 aromatic heterocycles. The van der Waals surface area contributed by atoms with Crippen LogP contribution < -0.4 is 16.8 Å². The van der Waals surface area contributed by atoms with Gasteiger partial charge >= 0.3 is 0 Å². The third-order valence-electron chi connectivity index (χ3n) is 4.55. The number of nitrogens with one attached hydrogen (secondary N) is 1. The van der Waals surface area contributed by atoms with E-state index >= 15 is 0 Å². The van der Waals surface area contributed by atoms with Crippen LogP contribution >= 0.6 is 0 Å². The van der Waals surface area contributed by atoms with E-state index in [-0.39, 0.29) is 6.04 Å². The summed E-state index contributed by atoms with van der Waals surface area (Å²) in [6.45, 7) is 2.99. The van der Waals surface area contributed by atoms with Crippen molar-refractivity contribution in [3.63, 3.8) is 0 Å². The minimum absolute atomic E-state index is 0.217. The van der Waals surface area contributed by atoms with Gasteiger partial charge in [0.25, 0.3) is 0 Å². The number of carbonyl (C=O) groups is 1. The number of piperidine rings is 1. The van der Waals surface area contributed by atoms with Crippen molar-refractivity contribution in [1.82, 2.24) is 4.90 Å². The summed E-state index contributed by atoms with van der Waals surface area (Å²) in [4.78, 5) is 18.3. The van der Waals surface area contributed by atoms with Gasteiger partial charge in [-0.1, -0.05) is 36.4 Å². The van der Waals surface area contributed by atoms with Crippen LogP contribution in [0.3, 0.4) is 0 Å². The van der Waals surface area contributed by atoms with Crippen molar-refractivity contribution in [1.29, 1.82) is 0 Å². The molecule has 2 aromatic carbocycles. The lowest BCUT2D eigenvalue weighted by Gasteiger charge is -2.30. The van der Waals surface area contributed by atoms with Crippen LogP contribution in [-0.4, -0.2) is 35.9 Å². The molecule has 2 aromatic rings. The number of carbonyl (C=O) groups excluding carboxylic acids is 1. The van der Waals surface area contributed by atoms with Gasteiger partial charge in [0.05, 0.1) is 6.04 Å². The average Bonchev–Trinajstić information content (AvgIpc) is 2.64. The van der Waals surface area contributed by atoms with Crippen LogP contribution in [0.4, 0.5) is 5.69 Å². The van der Waals surface area contributed by atoms with Crippen molar-refractivity contribution in [3.05, 3.63) is 65.7 Å². The normalized spacial score (nSPS) is 16.4. The number of hydrogen-bond acceptors (Lipinski definition) is 3. The topological polar surface area (TPSA) is 96.7 Å². The van der Waals surface area contributed by atoms with Crippen LogP contribution in [-0.2, 0) is 6.54 Å². The van der Waals surface area contributed by atoms with Crippen LogP contribution in [0, 0.1) is 0 Å². The first-order chi connectivity index (χ1) is 12.6. The zero-order valence-corrected chi connectivity index (χ0v) is 14.8. The summed E-state index contributed by atoms with van der Waals surface area (Å²) in [5.74, 6) is -0.0944. The van der Waals surface area contributed by atoms with Gasteiger partial charge in [-0.2, -0.15) is 0 Å². The van der Waals surface area contributed by atoms with Crippen molar-refractivity contribution < 1.29 is 4.79 Å². The highest BCUT2D eigenvalue weighted by atomic mass is 16.1.